The second-order valence-electron chi connectivity index (χ2n) is 0.167. The molecule has 0 aliphatic rings. The number of rotatable bonds is 1. The van der Waals surface area contributed by atoms with Crippen LogP contribution in [-0.4, -0.2) is 20.9 Å². The van der Waals surface area contributed by atoms with E-state index in [9.17, 15) is 0 Å². The maximum absolute atomic E-state index is 5.83. The predicted octanol–water partition coefficient (Wildman–Crippen LogP) is 0.377. The summed E-state index contributed by atoms with van der Waals surface area (Å²) in [6.45, 7) is -0.0139. The Kier molecular flexibility index (Phi) is 62.4. The quantitative estimate of drug-likeness (QED) is 0.446. The standard InChI is InChI=1S/CH3BO.2CH4/c2-1-3;;/h3H,1H2;2*1H4/i3D;;. The largest absolute Gasteiger partial charge is 0.406 e. The lowest BCUT2D eigenvalue weighted by Crippen LogP contribution is -1.69. The Balaban J connectivity index is -0.0000000450. The molecule has 0 aliphatic carbocycles. The molecular formula is C3H11BO. The molecule has 0 amide bonds. The first-order valence-electron chi connectivity index (χ1n) is 1.11. The Morgan fingerprint density at radius 1 is 1.80 bits per heavy atom. The molecule has 0 spiro atoms. The van der Waals surface area contributed by atoms with E-state index < -0.39 is 0 Å². The average molecular weight is 74.9 g/mol. The summed E-state index contributed by atoms with van der Waals surface area (Å²) in [5.74, 6) is 0. The fourth-order valence-corrected chi connectivity index (χ4v) is 0. The van der Waals surface area contributed by atoms with E-state index in [2.05, 4.69) is 13.0 Å². The molecule has 2 radical (unpaired) electrons. The highest BCUT2D eigenvalue weighted by atomic mass is 16.2. The predicted molar refractivity (Wildman–Crippen MR) is 26.3 cm³/mol. The molecule has 0 heterocycles. The third-order valence-electron chi connectivity index (χ3n) is 0. The fraction of sp³-hybridized carbons (Fsp3) is 1.00. The second-order valence-corrected chi connectivity index (χ2v) is 0.167. The summed E-state index contributed by atoms with van der Waals surface area (Å²) in [5.41, 5.74) is 0. The summed E-state index contributed by atoms with van der Waals surface area (Å²) in [6, 6.07) is 0. The van der Waals surface area contributed by atoms with Crippen molar-refractivity contribution in [3.8, 4) is 0 Å². The average Bonchev–Trinajstić information content (AvgIpc) is 1.37. The monoisotopic (exact) mass is 75.1 g/mol. The summed E-state index contributed by atoms with van der Waals surface area (Å²) in [6.07, 6.45) is 0. The van der Waals surface area contributed by atoms with Crippen molar-refractivity contribution in [2.75, 3.05) is 6.51 Å². The molecular weight excluding hydrogens is 62.8 g/mol. The molecule has 32 valence electrons. The van der Waals surface area contributed by atoms with Crippen molar-refractivity contribution in [3.05, 3.63) is 0 Å². The molecule has 0 saturated carbocycles. The molecule has 0 aromatic carbocycles. The first-order chi connectivity index (χ1) is 1.91. The van der Waals surface area contributed by atoms with E-state index in [1.807, 2.05) is 0 Å². The van der Waals surface area contributed by atoms with Crippen LogP contribution in [0.2, 0.25) is 0 Å². The van der Waals surface area contributed by atoms with Gasteiger partial charge in [0.2, 0.25) is 1.43 Å². The van der Waals surface area contributed by atoms with E-state index in [-0.39, 0.29) is 21.4 Å². The van der Waals surface area contributed by atoms with E-state index in [0.29, 0.717) is 0 Å². The third-order valence-corrected chi connectivity index (χ3v) is 0. The van der Waals surface area contributed by atoms with Crippen LogP contribution in [0.25, 0.3) is 0 Å². The lowest BCUT2D eigenvalue weighted by atomic mass is 10.2. The van der Waals surface area contributed by atoms with Crippen LogP contribution in [0.5, 0.6) is 0 Å². The molecule has 0 fully saturated rings. The molecule has 0 aromatic rings. The van der Waals surface area contributed by atoms with Crippen LogP contribution in [0.4, 0.5) is 0 Å². The SMILES string of the molecule is C.C.[2H]OC[B]. The lowest BCUT2D eigenvalue weighted by Gasteiger charge is -1.52. The summed E-state index contributed by atoms with van der Waals surface area (Å²) in [5, 5.41) is 3.57. The first kappa shape index (κ1) is 8.90. The van der Waals surface area contributed by atoms with Gasteiger partial charge in [-0.25, -0.2) is 0 Å². The van der Waals surface area contributed by atoms with Crippen molar-refractivity contribution in [1.82, 2.24) is 0 Å². The van der Waals surface area contributed by atoms with Crippen LogP contribution < -0.4 is 0 Å². The number of hydrogen-bond donors (Lipinski definition) is 1. The topological polar surface area (TPSA) is 20.2 Å². The zero-order chi connectivity index (χ0) is 3.41. The number of aliphatic hydroxyl groups excluding tert-OH is 1. The Morgan fingerprint density at radius 3 is 2.00 bits per heavy atom. The Morgan fingerprint density at radius 2 is 2.00 bits per heavy atom. The summed E-state index contributed by atoms with van der Waals surface area (Å²) in [7, 11) is 4.62. The maximum Gasteiger partial charge on any atom is 0.209 e. The molecule has 0 saturated heterocycles. The van der Waals surface area contributed by atoms with Gasteiger partial charge < -0.3 is 5.11 Å². The van der Waals surface area contributed by atoms with E-state index in [4.69, 9.17) is 1.43 Å². The second kappa shape index (κ2) is 35.1. The van der Waals surface area contributed by atoms with Gasteiger partial charge in [0.1, 0.15) is 7.85 Å². The zero-order valence-corrected chi connectivity index (χ0v) is 1.69. The van der Waals surface area contributed by atoms with E-state index >= 15 is 0 Å². The normalized spacial score (nSPS) is 6.00. The Bertz CT molecular complexity index is 12.8. The van der Waals surface area contributed by atoms with Crippen molar-refractivity contribution in [2.45, 2.75) is 14.9 Å². The van der Waals surface area contributed by atoms with Crippen molar-refractivity contribution in [1.29, 1.82) is 1.43 Å². The minimum Gasteiger partial charge on any atom is -0.406 e. The van der Waals surface area contributed by atoms with Crippen LogP contribution in [0.1, 0.15) is 14.9 Å². The molecule has 0 bridgehead atoms. The molecule has 0 rings (SSSR count). The molecule has 2 heteroatoms. The maximum atomic E-state index is 5.83. The third kappa shape index (κ3) is 26500. The van der Waals surface area contributed by atoms with Gasteiger partial charge in [0, 0.05) is 6.51 Å². The molecule has 5 heavy (non-hydrogen) atoms. The zero-order valence-electron chi connectivity index (χ0n) is 2.69. The summed E-state index contributed by atoms with van der Waals surface area (Å²) in [4.78, 5) is 0. The van der Waals surface area contributed by atoms with Crippen LogP contribution in [0.15, 0.2) is 0 Å². The van der Waals surface area contributed by atoms with Gasteiger partial charge in [-0.15, -0.1) is 0 Å². The molecule has 0 atom stereocenters. The summed E-state index contributed by atoms with van der Waals surface area (Å²) >= 11 is 0. The molecule has 0 aromatic heterocycles. The van der Waals surface area contributed by atoms with Crippen LogP contribution in [0, 0.1) is 0 Å². The van der Waals surface area contributed by atoms with Gasteiger partial charge in [0.15, 0.2) is 0 Å². The van der Waals surface area contributed by atoms with E-state index in [1.54, 1.807) is 0 Å². The van der Waals surface area contributed by atoms with Gasteiger partial charge in [-0.1, -0.05) is 14.9 Å². The summed E-state index contributed by atoms with van der Waals surface area (Å²) < 4.78 is 5.83. The van der Waals surface area contributed by atoms with Gasteiger partial charge >= 0.3 is 0 Å². The van der Waals surface area contributed by atoms with Crippen molar-refractivity contribution in [2.24, 2.45) is 0 Å². The number of hydrogen-bond acceptors (Lipinski definition) is 1. The van der Waals surface area contributed by atoms with Crippen molar-refractivity contribution < 1.29 is 5.11 Å². The van der Waals surface area contributed by atoms with Crippen LogP contribution in [-0.2, 0) is 0 Å². The van der Waals surface area contributed by atoms with E-state index in [0.717, 1.165) is 0 Å². The minimum absolute atomic E-state index is 0. The molecule has 0 aliphatic heterocycles. The van der Waals surface area contributed by atoms with Gasteiger partial charge in [0.05, 0.1) is 0 Å². The smallest absolute Gasteiger partial charge is 0.209 e. The Labute approximate surface area is 36.9 Å². The molecule has 0 unspecified atom stereocenters. The van der Waals surface area contributed by atoms with E-state index in [1.165, 1.54) is 0 Å². The van der Waals surface area contributed by atoms with Crippen LogP contribution in [0.3, 0.4) is 0 Å². The van der Waals surface area contributed by atoms with Gasteiger partial charge in [-0.05, 0) is 0 Å². The van der Waals surface area contributed by atoms with Crippen molar-refractivity contribution in [3.63, 3.8) is 0 Å². The Hall–Kier alpha value is 0.0249. The van der Waals surface area contributed by atoms with Crippen LogP contribution >= 0.6 is 0 Å². The molecule has 1 nitrogen and oxygen atoms in total. The highest BCUT2D eigenvalue weighted by Crippen LogP contribution is 1.15. The van der Waals surface area contributed by atoms with Gasteiger partial charge in [-0.3, -0.25) is 0 Å². The van der Waals surface area contributed by atoms with Gasteiger partial charge in [0.25, 0.3) is 0 Å². The number of aliphatic hydroxyl groups is 1. The van der Waals surface area contributed by atoms with Crippen molar-refractivity contribution >= 4 is 7.85 Å². The lowest BCUT2D eigenvalue weighted by molar-refractivity contribution is 0.369. The highest BCUT2D eigenvalue weighted by molar-refractivity contribution is 6.07. The minimum atomic E-state index is -0.0139. The first-order valence-corrected chi connectivity index (χ1v) is 0.697. The molecule has 1 N–H and O–H groups in total. The fourth-order valence-electron chi connectivity index (χ4n) is 0. The van der Waals surface area contributed by atoms with Gasteiger partial charge in [-0.2, -0.15) is 0 Å². The highest BCUT2D eigenvalue weighted by Gasteiger charge is 1.36.